The number of halogens is 2. The molecule has 1 unspecified atom stereocenters. The minimum atomic E-state index is -2.45. The van der Waals surface area contributed by atoms with Crippen LogP contribution in [-0.2, 0) is 30.4 Å². The van der Waals surface area contributed by atoms with E-state index in [1.54, 1.807) is 0 Å². The summed E-state index contributed by atoms with van der Waals surface area (Å²) >= 11 is -2.45. The van der Waals surface area contributed by atoms with Crippen LogP contribution >= 0.6 is 17.0 Å². The predicted octanol–water partition coefficient (Wildman–Crippen LogP) is 7.90. The van der Waals surface area contributed by atoms with Gasteiger partial charge in [0.15, 0.2) is 0 Å². The molecule has 0 heterocycles. The molecule has 0 fully saturated rings. The summed E-state index contributed by atoms with van der Waals surface area (Å²) in [7, 11) is 13.5. The van der Waals surface area contributed by atoms with Crippen LogP contribution in [0.2, 0.25) is 13.1 Å². The Hall–Kier alpha value is -0.920. The van der Waals surface area contributed by atoms with Crippen molar-refractivity contribution in [3.63, 3.8) is 0 Å². The molecule has 153 valence electrons. The van der Waals surface area contributed by atoms with E-state index >= 15 is 0 Å². The molecular formula is C26H27Cl2SiZr. The first-order valence-corrected chi connectivity index (χ1v) is 23.4. The van der Waals surface area contributed by atoms with Crippen molar-refractivity contribution in [3.05, 3.63) is 112 Å². The molecule has 0 spiro atoms. The second-order valence-corrected chi connectivity index (χ2v) is 35.5. The van der Waals surface area contributed by atoms with Crippen molar-refractivity contribution in [3.8, 4) is 0 Å². The Morgan fingerprint density at radius 2 is 1.33 bits per heavy atom. The Labute approximate surface area is 195 Å². The number of allylic oxidation sites excluding steroid dienone is 1. The number of benzene rings is 3. The summed E-state index contributed by atoms with van der Waals surface area (Å²) < 4.78 is 0. The van der Waals surface area contributed by atoms with Gasteiger partial charge in [-0.3, -0.25) is 0 Å². The zero-order valence-electron chi connectivity index (χ0n) is 18.0. The monoisotopic (exact) mass is 527 g/mol. The molecule has 0 amide bonds. The van der Waals surface area contributed by atoms with E-state index < -0.39 is 23.7 Å². The predicted molar refractivity (Wildman–Crippen MR) is 130 cm³/mol. The van der Waals surface area contributed by atoms with E-state index in [9.17, 15) is 0 Å². The van der Waals surface area contributed by atoms with Gasteiger partial charge in [0.25, 0.3) is 0 Å². The molecule has 30 heavy (non-hydrogen) atoms. The molecule has 0 saturated carbocycles. The van der Waals surface area contributed by atoms with E-state index in [-0.39, 0.29) is 5.41 Å². The van der Waals surface area contributed by atoms with Gasteiger partial charge < -0.3 is 0 Å². The van der Waals surface area contributed by atoms with Crippen LogP contribution in [-0.4, -0.2) is 5.20 Å². The molecular weight excluding hydrogens is 503 g/mol. The fourth-order valence-electron chi connectivity index (χ4n) is 4.77. The molecule has 0 radical (unpaired) electrons. The van der Waals surface area contributed by atoms with E-state index in [0.717, 1.165) is 6.42 Å². The van der Waals surface area contributed by atoms with Crippen LogP contribution in [0.5, 0.6) is 0 Å². The zero-order chi connectivity index (χ0) is 21.5. The van der Waals surface area contributed by atoms with Crippen LogP contribution < -0.4 is 0 Å². The maximum atomic E-state index is 6.75. The summed E-state index contributed by atoms with van der Waals surface area (Å²) in [5.41, 5.74) is 8.01. The number of aryl methyl sites for hydroxylation is 2. The summed E-state index contributed by atoms with van der Waals surface area (Å²) in [6, 6.07) is 26.5. The molecule has 3 aromatic carbocycles. The van der Waals surface area contributed by atoms with Crippen LogP contribution in [0.1, 0.15) is 33.4 Å². The fourth-order valence-corrected chi connectivity index (χ4v) is 13.1. The number of fused-ring (bicyclic) bond motifs is 1. The SMILES string of the molecule is Cc1ccccc1CC1(c2ccccc2C)C=C([Si](C)(C)[Zr]([Cl])[Cl])c2ccccc21. The van der Waals surface area contributed by atoms with Gasteiger partial charge in [-0.15, -0.1) is 0 Å². The number of hydrogen-bond donors (Lipinski definition) is 0. The summed E-state index contributed by atoms with van der Waals surface area (Å²) in [6.07, 6.45) is 3.50. The molecule has 1 atom stereocenters. The molecule has 0 N–H and O–H groups in total. The van der Waals surface area contributed by atoms with E-state index in [0.29, 0.717) is 0 Å². The van der Waals surface area contributed by atoms with Crippen molar-refractivity contribution < 1.29 is 18.5 Å². The van der Waals surface area contributed by atoms with E-state index in [1.807, 2.05) is 0 Å². The van der Waals surface area contributed by atoms with Gasteiger partial charge in [-0.25, -0.2) is 0 Å². The van der Waals surface area contributed by atoms with Gasteiger partial charge in [0, 0.05) is 0 Å². The average Bonchev–Trinajstić information content (AvgIpc) is 3.06. The van der Waals surface area contributed by atoms with Crippen LogP contribution in [0.15, 0.2) is 78.9 Å². The van der Waals surface area contributed by atoms with E-state index in [1.165, 1.54) is 38.6 Å². The second kappa shape index (κ2) is 8.55. The third kappa shape index (κ3) is 3.75. The average molecular weight is 530 g/mol. The van der Waals surface area contributed by atoms with Crippen LogP contribution in [0, 0.1) is 13.8 Å². The van der Waals surface area contributed by atoms with Crippen LogP contribution in [0.4, 0.5) is 0 Å². The standard InChI is InChI=1S/C26H27Si.2ClH.Zr/c1-19-11-5-7-13-21(19)17-26(23-15-9-6-12-20(23)2)18-25(27(3)4)22-14-8-10-16-24(22)26;;;/h5-16,18H,17H2,1-4H3;2*1H;/q;;;+2/p-2. The Morgan fingerprint density at radius 3 is 1.97 bits per heavy atom. The quantitative estimate of drug-likeness (QED) is 0.295. The first-order valence-electron chi connectivity index (χ1n) is 10.4. The van der Waals surface area contributed by atoms with Crippen molar-refractivity contribution in [2.24, 2.45) is 0 Å². The molecule has 4 rings (SSSR count). The summed E-state index contributed by atoms with van der Waals surface area (Å²) in [6.45, 7) is 9.18. The molecule has 3 aromatic rings. The maximum absolute atomic E-state index is 6.75. The van der Waals surface area contributed by atoms with Crippen molar-refractivity contribution in [1.29, 1.82) is 0 Å². The van der Waals surface area contributed by atoms with Gasteiger partial charge in [0.2, 0.25) is 0 Å². The number of rotatable bonds is 5. The molecule has 4 heteroatoms. The van der Waals surface area contributed by atoms with E-state index in [2.05, 4.69) is 106 Å². The number of hydrogen-bond acceptors (Lipinski definition) is 0. The van der Waals surface area contributed by atoms with Crippen LogP contribution in [0.25, 0.3) is 5.20 Å². The van der Waals surface area contributed by atoms with Gasteiger partial charge in [0.1, 0.15) is 0 Å². The van der Waals surface area contributed by atoms with Gasteiger partial charge in [-0.1, -0.05) is 0 Å². The molecule has 1 aliphatic rings. The van der Waals surface area contributed by atoms with Gasteiger partial charge in [-0.2, -0.15) is 0 Å². The van der Waals surface area contributed by atoms with Gasteiger partial charge in [0.05, 0.1) is 0 Å². The van der Waals surface area contributed by atoms with Gasteiger partial charge >= 0.3 is 197 Å². The first-order chi connectivity index (χ1) is 14.3. The summed E-state index contributed by atoms with van der Waals surface area (Å²) in [5.74, 6) is 0. The van der Waals surface area contributed by atoms with Crippen molar-refractivity contribution in [2.45, 2.75) is 38.8 Å². The third-order valence-electron chi connectivity index (χ3n) is 6.59. The molecule has 0 aliphatic heterocycles. The van der Waals surface area contributed by atoms with Crippen molar-refractivity contribution >= 4 is 27.4 Å². The third-order valence-corrected chi connectivity index (χ3v) is 35.0. The van der Waals surface area contributed by atoms with Crippen LogP contribution in [0.3, 0.4) is 0 Å². The van der Waals surface area contributed by atoms with Crippen molar-refractivity contribution in [1.82, 2.24) is 0 Å². The molecule has 1 aliphatic carbocycles. The molecule has 0 nitrogen and oxygen atoms in total. The fraction of sp³-hybridized carbons (Fsp3) is 0.231. The van der Waals surface area contributed by atoms with Gasteiger partial charge in [-0.05, 0) is 0 Å². The normalized spacial score (nSPS) is 18.1. The molecule has 0 aromatic heterocycles. The van der Waals surface area contributed by atoms with E-state index in [4.69, 9.17) is 17.0 Å². The Balaban J connectivity index is 2.04. The Morgan fingerprint density at radius 1 is 0.767 bits per heavy atom. The molecule has 0 bridgehead atoms. The van der Waals surface area contributed by atoms with Crippen molar-refractivity contribution in [2.75, 3.05) is 0 Å². The Kier molecular flexibility index (Phi) is 6.35. The zero-order valence-corrected chi connectivity index (χ0v) is 22.9. The topological polar surface area (TPSA) is 0 Å². The first kappa shape index (κ1) is 22.3. The Bertz CT molecular complexity index is 1120. The molecule has 0 saturated heterocycles. The second-order valence-electron chi connectivity index (χ2n) is 8.88. The summed E-state index contributed by atoms with van der Waals surface area (Å²) in [4.78, 5) is 0. The minimum absolute atomic E-state index is 0.194. The summed E-state index contributed by atoms with van der Waals surface area (Å²) in [5, 5.41) is -0.427.